The molecule has 1 saturated heterocycles. The number of ether oxygens (including phenoxy) is 2. The highest BCUT2D eigenvalue weighted by molar-refractivity contribution is 5.40. The molecule has 19 heavy (non-hydrogen) atoms. The van der Waals surface area contributed by atoms with Gasteiger partial charge in [-0.05, 0) is 37.1 Å². The fourth-order valence-electron chi connectivity index (χ4n) is 2.56. The van der Waals surface area contributed by atoms with Gasteiger partial charge in [-0.15, -0.1) is 0 Å². The van der Waals surface area contributed by atoms with Crippen molar-refractivity contribution >= 4 is 0 Å². The maximum atomic E-state index is 5.43. The third kappa shape index (κ3) is 3.61. The third-order valence-corrected chi connectivity index (χ3v) is 3.79. The van der Waals surface area contributed by atoms with Crippen molar-refractivity contribution in [2.24, 2.45) is 0 Å². The maximum Gasteiger partial charge on any atom is 0.122 e. The zero-order valence-electron chi connectivity index (χ0n) is 12.1. The van der Waals surface area contributed by atoms with Gasteiger partial charge in [0, 0.05) is 32.2 Å². The molecule has 1 aliphatic rings. The topological polar surface area (TPSA) is 33.7 Å². The van der Waals surface area contributed by atoms with Crippen molar-refractivity contribution in [1.82, 2.24) is 10.2 Å². The normalized spacial score (nSPS) is 20.3. The molecule has 106 valence electrons. The Bertz CT molecular complexity index is 409. The standard InChI is InChI=1S/C15H24N2O2/c1-12-11-16-7-9-17(12)8-6-13-10-14(18-2)4-5-15(13)19-3/h4-5,10,12,16H,6-9,11H2,1-3H3. The van der Waals surface area contributed by atoms with Crippen molar-refractivity contribution in [1.29, 1.82) is 0 Å². The van der Waals surface area contributed by atoms with Crippen LogP contribution in [0.25, 0.3) is 0 Å². The van der Waals surface area contributed by atoms with E-state index in [9.17, 15) is 0 Å². The first-order valence-corrected chi connectivity index (χ1v) is 6.90. The van der Waals surface area contributed by atoms with E-state index in [4.69, 9.17) is 9.47 Å². The zero-order valence-corrected chi connectivity index (χ0v) is 12.1. The molecule has 0 saturated carbocycles. The maximum absolute atomic E-state index is 5.43. The van der Waals surface area contributed by atoms with Gasteiger partial charge in [0.1, 0.15) is 11.5 Å². The Morgan fingerprint density at radius 1 is 1.32 bits per heavy atom. The summed E-state index contributed by atoms with van der Waals surface area (Å²) in [6.45, 7) is 6.61. The number of hydrogen-bond acceptors (Lipinski definition) is 4. The Balaban J connectivity index is 2.01. The van der Waals surface area contributed by atoms with Crippen LogP contribution >= 0.6 is 0 Å². The number of methoxy groups -OCH3 is 2. The molecular formula is C15H24N2O2. The summed E-state index contributed by atoms with van der Waals surface area (Å²) in [5.74, 6) is 1.84. The predicted octanol–water partition coefficient (Wildman–Crippen LogP) is 1.54. The molecule has 0 amide bonds. The van der Waals surface area contributed by atoms with Crippen molar-refractivity contribution in [2.75, 3.05) is 40.4 Å². The average Bonchev–Trinajstić information content (AvgIpc) is 2.46. The Labute approximate surface area is 115 Å². The summed E-state index contributed by atoms with van der Waals surface area (Å²) < 4.78 is 10.7. The van der Waals surface area contributed by atoms with Crippen molar-refractivity contribution < 1.29 is 9.47 Å². The van der Waals surface area contributed by atoms with Gasteiger partial charge in [0.2, 0.25) is 0 Å². The van der Waals surface area contributed by atoms with Crippen LogP contribution in [0.2, 0.25) is 0 Å². The second-order valence-electron chi connectivity index (χ2n) is 5.02. The molecule has 0 aromatic heterocycles. The highest BCUT2D eigenvalue weighted by atomic mass is 16.5. The van der Waals surface area contributed by atoms with Gasteiger partial charge in [-0.1, -0.05) is 0 Å². The molecule has 1 N–H and O–H groups in total. The van der Waals surface area contributed by atoms with E-state index in [1.54, 1.807) is 14.2 Å². The van der Waals surface area contributed by atoms with Crippen LogP contribution in [0.3, 0.4) is 0 Å². The number of benzene rings is 1. The lowest BCUT2D eigenvalue weighted by atomic mass is 10.1. The lowest BCUT2D eigenvalue weighted by Gasteiger charge is -2.34. The second kappa shape index (κ2) is 6.78. The fraction of sp³-hybridized carbons (Fsp3) is 0.600. The molecule has 0 aliphatic carbocycles. The molecule has 4 nitrogen and oxygen atoms in total. The van der Waals surface area contributed by atoms with E-state index in [1.807, 2.05) is 12.1 Å². The molecule has 1 aliphatic heterocycles. The molecule has 0 bridgehead atoms. The molecule has 1 fully saturated rings. The van der Waals surface area contributed by atoms with Gasteiger partial charge in [-0.3, -0.25) is 4.90 Å². The van der Waals surface area contributed by atoms with E-state index in [0.717, 1.165) is 44.1 Å². The Hall–Kier alpha value is -1.26. The van der Waals surface area contributed by atoms with Crippen molar-refractivity contribution in [3.8, 4) is 11.5 Å². The van der Waals surface area contributed by atoms with E-state index in [0.29, 0.717) is 6.04 Å². The highest BCUT2D eigenvalue weighted by Gasteiger charge is 2.17. The molecule has 1 aromatic rings. The van der Waals surface area contributed by atoms with Crippen LogP contribution < -0.4 is 14.8 Å². The number of nitrogens with zero attached hydrogens (tertiary/aromatic N) is 1. The van der Waals surface area contributed by atoms with Crippen LogP contribution in [-0.2, 0) is 6.42 Å². The van der Waals surface area contributed by atoms with E-state index < -0.39 is 0 Å². The minimum Gasteiger partial charge on any atom is -0.497 e. The SMILES string of the molecule is COc1ccc(OC)c(CCN2CCNCC2C)c1. The Kier molecular flexibility index (Phi) is 5.05. The minimum atomic E-state index is 0.602. The second-order valence-corrected chi connectivity index (χ2v) is 5.02. The van der Waals surface area contributed by atoms with Crippen LogP contribution in [0.5, 0.6) is 11.5 Å². The quantitative estimate of drug-likeness (QED) is 0.874. The molecule has 2 rings (SSSR count). The fourth-order valence-corrected chi connectivity index (χ4v) is 2.56. The number of hydrogen-bond donors (Lipinski definition) is 1. The molecule has 0 spiro atoms. The smallest absolute Gasteiger partial charge is 0.122 e. The van der Waals surface area contributed by atoms with Crippen molar-refractivity contribution in [2.45, 2.75) is 19.4 Å². The van der Waals surface area contributed by atoms with Gasteiger partial charge in [0.25, 0.3) is 0 Å². The van der Waals surface area contributed by atoms with E-state index in [-0.39, 0.29) is 0 Å². The minimum absolute atomic E-state index is 0.602. The monoisotopic (exact) mass is 264 g/mol. The number of nitrogens with one attached hydrogen (secondary N) is 1. The van der Waals surface area contributed by atoms with Gasteiger partial charge in [-0.25, -0.2) is 0 Å². The predicted molar refractivity (Wildman–Crippen MR) is 77.2 cm³/mol. The number of rotatable bonds is 5. The van der Waals surface area contributed by atoms with E-state index in [2.05, 4.69) is 23.2 Å². The summed E-state index contributed by atoms with van der Waals surface area (Å²) in [5.41, 5.74) is 1.22. The molecule has 1 unspecified atom stereocenters. The van der Waals surface area contributed by atoms with Gasteiger partial charge >= 0.3 is 0 Å². The largest absolute Gasteiger partial charge is 0.497 e. The molecule has 1 atom stereocenters. The summed E-state index contributed by atoms with van der Waals surface area (Å²) in [6, 6.07) is 6.60. The summed E-state index contributed by atoms with van der Waals surface area (Å²) in [7, 11) is 3.42. The van der Waals surface area contributed by atoms with Gasteiger partial charge in [0.05, 0.1) is 14.2 Å². The highest BCUT2D eigenvalue weighted by Crippen LogP contribution is 2.24. The third-order valence-electron chi connectivity index (χ3n) is 3.79. The van der Waals surface area contributed by atoms with E-state index in [1.165, 1.54) is 5.56 Å². The average molecular weight is 264 g/mol. The molecule has 1 heterocycles. The van der Waals surface area contributed by atoms with Gasteiger partial charge in [-0.2, -0.15) is 0 Å². The first-order valence-electron chi connectivity index (χ1n) is 6.90. The first kappa shape index (κ1) is 14.2. The molecule has 4 heteroatoms. The van der Waals surface area contributed by atoms with Gasteiger partial charge < -0.3 is 14.8 Å². The summed E-state index contributed by atoms with van der Waals surface area (Å²) in [5, 5.41) is 3.42. The van der Waals surface area contributed by atoms with E-state index >= 15 is 0 Å². The molecule has 1 aromatic carbocycles. The first-order chi connectivity index (χ1) is 9.24. The van der Waals surface area contributed by atoms with Crippen molar-refractivity contribution in [3.05, 3.63) is 23.8 Å². The lowest BCUT2D eigenvalue weighted by Crippen LogP contribution is -2.50. The van der Waals surface area contributed by atoms with Gasteiger partial charge in [0.15, 0.2) is 0 Å². The summed E-state index contributed by atoms with van der Waals surface area (Å²) in [6.07, 6.45) is 0.991. The lowest BCUT2D eigenvalue weighted by molar-refractivity contribution is 0.175. The zero-order chi connectivity index (χ0) is 13.7. The van der Waals surface area contributed by atoms with Crippen LogP contribution in [0.15, 0.2) is 18.2 Å². The Morgan fingerprint density at radius 2 is 2.16 bits per heavy atom. The number of piperazine rings is 1. The Morgan fingerprint density at radius 3 is 2.84 bits per heavy atom. The van der Waals surface area contributed by atoms with Crippen LogP contribution in [0, 0.1) is 0 Å². The summed E-state index contributed by atoms with van der Waals surface area (Å²) >= 11 is 0. The van der Waals surface area contributed by atoms with Crippen LogP contribution in [0.1, 0.15) is 12.5 Å². The molecular weight excluding hydrogens is 240 g/mol. The van der Waals surface area contributed by atoms with Crippen molar-refractivity contribution in [3.63, 3.8) is 0 Å². The molecule has 0 radical (unpaired) electrons. The van der Waals surface area contributed by atoms with Crippen LogP contribution in [0.4, 0.5) is 0 Å². The summed E-state index contributed by atoms with van der Waals surface area (Å²) in [4.78, 5) is 2.52. The van der Waals surface area contributed by atoms with Crippen LogP contribution in [-0.4, -0.2) is 51.3 Å².